The number of unbranched alkanes of at least 4 members (excludes halogenated alkanes) is 5. The minimum absolute atomic E-state index is 0.363. The quantitative estimate of drug-likeness (QED) is 0.721. The highest BCUT2D eigenvalue weighted by atomic mass is 16.4. The zero-order valence-corrected chi connectivity index (χ0v) is 12.1. The minimum atomic E-state index is 0.363. The van der Waals surface area contributed by atoms with Crippen molar-refractivity contribution in [3.05, 3.63) is 29.8 Å². The Hall–Kier alpha value is -1.02. The molecule has 2 heteroatoms. The van der Waals surface area contributed by atoms with Gasteiger partial charge in [0.05, 0.1) is 0 Å². The molecule has 1 rings (SSSR count). The molecular weight excluding hydrogens is 224 g/mol. The Kier molecular flexibility index (Phi) is 11.7. The largest absolute Gasteiger partial charge is 0.508 e. The van der Waals surface area contributed by atoms with Gasteiger partial charge in [0.1, 0.15) is 5.75 Å². The molecule has 0 aliphatic rings. The molecule has 1 aromatic carbocycles. The Bertz CT molecular complexity index is 267. The molecule has 0 amide bonds. The molecule has 0 aliphatic carbocycles. The second-order valence-electron chi connectivity index (χ2n) is 4.59. The van der Waals surface area contributed by atoms with Crippen LogP contribution in [0.3, 0.4) is 0 Å². The van der Waals surface area contributed by atoms with E-state index in [4.69, 9.17) is 5.11 Å². The molecular formula is C16H28O2. The molecule has 0 saturated heterocycles. The van der Waals surface area contributed by atoms with Gasteiger partial charge in [-0.15, -0.1) is 0 Å². The summed E-state index contributed by atoms with van der Waals surface area (Å²) >= 11 is 0. The van der Waals surface area contributed by atoms with E-state index in [-0.39, 0.29) is 0 Å². The van der Waals surface area contributed by atoms with Crippen LogP contribution in [0.1, 0.15) is 51.0 Å². The summed E-state index contributed by atoms with van der Waals surface area (Å²) in [6, 6.07) is 7.57. The number of phenolic OH excluding ortho intramolecular Hbond substituents is 1. The van der Waals surface area contributed by atoms with E-state index < -0.39 is 0 Å². The van der Waals surface area contributed by atoms with Gasteiger partial charge in [0, 0.05) is 14.2 Å². The van der Waals surface area contributed by atoms with Gasteiger partial charge in [-0.1, -0.05) is 51.2 Å². The first kappa shape index (κ1) is 17.0. The molecule has 0 saturated carbocycles. The highest BCUT2D eigenvalue weighted by molar-refractivity contribution is 5.25. The number of phenols is 1. The number of benzene rings is 1. The molecule has 0 bridgehead atoms. The van der Waals surface area contributed by atoms with Crippen LogP contribution in [0.2, 0.25) is 0 Å². The smallest absolute Gasteiger partial charge is 0.115 e. The third-order valence-corrected chi connectivity index (χ3v) is 2.76. The second-order valence-corrected chi connectivity index (χ2v) is 4.59. The standard InChI is InChI=1S/C14H22O.C2H6O/c1-2-3-4-5-6-7-8-13-9-11-14(15)12-10-13;1-3-2/h9-12,15H,2-8H2,1H3;1-2H3. The van der Waals surface area contributed by atoms with E-state index >= 15 is 0 Å². The molecule has 0 heterocycles. The molecule has 0 radical (unpaired) electrons. The predicted molar refractivity (Wildman–Crippen MR) is 78.1 cm³/mol. The van der Waals surface area contributed by atoms with Crippen LogP contribution in [0.15, 0.2) is 24.3 Å². The van der Waals surface area contributed by atoms with E-state index in [2.05, 4.69) is 11.7 Å². The van der Waals surface area contributed by atoms with Crippen LogP contribution in [0.4, 0.5) is 0 Å². The summed E-state index contributed by atoms with van der Waals surface area (Å²) in [7, 11) is 3.25. The van der Waals surface area contributed by atoms with Gasteiger partial charge in [0.25, 0.3) is 0 Å². The van der Waals surface area contributed by atoms with Crippen LogP contribution in [-0.2, 0) is 11.2 Å². The topological polar surface area (TPSA) is 29.5 Å². The molecule has 0 aliphatic heterocycles. The zero-order valence-electron chi connectivity index (χ0n) is 12.1. The Morgan fingerprint density at radius 3 is 1.94 bits per heavy atom. The summed E-state index contributed by atoms with van der Waals surface area (Å²) in [5.74, 6) is 0.363. The van der Waals surface area contributed by atoms with E-state index in [0.717, 1.165) is 6.42 Å². The molecule has 0 fully saturated rings. The molecule has 0 aromatic heterocycles. The van der Waals surface area contributed by atoms with Crippen molar-refractivity contribution in [1.82, 2.24) is 0 Å². The van der Waals surface area contributed by atoms with Crippen molar-refractivity contribution >= 4 is 0 Å². The fraction of sp³-hybridized carbons (Fsp3) is 0.625. The lowest BCUT2D eigenvalue weighted by Gasteiger charge is -2.02. The lowest BCUT2D eigenvalue weighted by molar-refractivity contribution is 0.277. The van der Waals surface area contributed by atoms with Crippen LogP contribution in [0, 0.1) is 0 Å². The zero-order chi connectivity index (χ0) is 13.6. The Morgan fingerprint density at radius 2 is 1.39 bits per heavy atom. The third-order valence-electron chi connectivity index (χ3n) is 2.76. The van der Waals surface area contributed by atoms with Crippen molar-refractivity contribution in [2.24, 2.45) is 0 Å². The highest BCUT2D eigenvalue weighted by Crippen LogP contribution is 2.13. The molecule has 2 nitrogen and oxygen atoms in total. The van der Waals surface area contributed by atoms with E-state index in [1.165, 1.54) is 44.1 Å². The maximum Gasteiger partial charge on any atom is 0.115 e. The normalized spacial score (nSPS) is 9.72. The highest BCUT2D eigenvalue weighted by Gasteiger charge is 1.94. The average molecular weight is 252 g/mol. The molecule has 18 heavy (non-hydrogen) atoms. The molecule has 1 aromatic rings. The summed E-state index contributed by atoms with van der Waals surface area (Å²) in [6.45, 7) is 2.25. The Labute approximate surface area is 112 Å². The lowest BCUT2D eigenvalue weighted by atomic mass is 10.1. The van der Waals surface area contributed by atoms with Crippen molar-refractivity contribution < 1.29 is 9.84 Å². The van der Waals surface area contributed by atoms with Gasteiger partial charge in [-0.2, -0.15) is 0 Å². The monoisotopic (exact) mass is 252 g/mol. The van der Waals surface area contributed by atoms with E-state index in [1.54, 1.807) is 26.4 Å². The summed E-state index contributed by atoms with van der Waals surface area (Å²) < 4.78 is 4.25. The SMILES string of the molecule is CCCCCCCCc1ccc(O)cc1.COC. The lowest BCUT2D eigenvalue weighted by Crippen LogP contribution is -1.85. The van der Waals surface area contributed by atoms with Crippen LogP contribution in [0.5, 0.6) is 5.75 Å². The Morgan fingerprint density at radius 1 is 0.889 bits per heavy atom. The Balaban J connectivity index is 0.000000873. The number of ether oxygens (including phenoxy) is 1. The molecule has 0 unspecified atom stereocenters. The fourth-order valence-corrected chi connectivity index (χ4v) is 1.77. The van der Waals surface area contributed by atoms with Crippen LogP contribution in [-0.4, -0.2) is 19.3 Å². The van der Waals surface area contributed by atoms with Gasteiger partial charge >= 0.3 is 0 Å². The van der Waals surface area contributed by atoms with Crippen molar-refractivity contribution in [3.63, 3.8) is 0 Å². The first-order chi connectivity index (χ1) is 8.74. The van der Waals surface area contributed by atoms with Crippen LogP contribution >= 0.6 is 0 Å². The number of methoxy groups -OCH3 is 1. The summed E-state index contributed by atoms with van der Waals surface area (Å²) in [4.78, 5) is 0. The van der Waals surface area contributed by atoms with Crippen molar-refractivity contribution in [2.45, 2.75) is 51.9 Å². The van der Waals surface area contributed by atoms with E-state index in [0.29, 0.717) is 5.75 Å². The molecule has 104 valence electrons. The minimum Gasteiger partial charge on any atom is -0.508 e. The molecule has 0 atom stereocenters. The summed E-state index contributed by atoms with van der Waals surface area (Å²) in [6.07, 6.45) is 9.19. The summed E-state index contributed by atoms with van der Waals surface area (Å²) in [5.41, 5.74) is 1.34. The predicted octanol–water partition coefficient (Wildman–Crippen LogP) is 4.56. The van der Waals surface area contributed by atoms with E-state index in [1.807, 2.05) is 12.1 Å². The van der Waals surface area contributed by atoms with Gasteiger partial charge in [0.15, 0.2) is 0 Å². The van der Waals surface area contributed by atoms with Crippen molar-refractivity contribution in [1.29, 1.82) is 0 Å². The molecule has 0 spiro atoms. The first-order valence-electron chi connectivity index (χ1n) is 6.92. The number of hydrogen-bond donors (Lipinski definition) is 1. The van der Waals surface area contributed by atoms with Gasteiger partial charge in [-0.3, -0.25) is 0 Å². The number of aromatic hydroxyl groups is 1. The van der Waals surface area contributed by atoms with E-state index in [9.17, 15) is 0 Å². The summed E-state index contributed by atoms with van der Waals surface area (Å²) in [5, 5.41) is 9.13. The van der Waals surface area contributed by atoms with Gasteiger partial charge < -0.3 is 9.84 Å². The van der Waals surface area contributed by atoms with Gasteiger partial charge in [0.2, 0.25) is 0 Å². The average Bonchev–Trinajstić information content (AvgIpc) is 2.37. The van der Waals surface area contributed by atoms with Crippen molar-refractivity contribution in [3.8, 4) is 5.75 Å². The van der Waals surface area contributed by atoms with Crippen LogP contribution < -0.4 is 0 Å². The fourth-order valence-electron chi connectivity index (χ4n) is 1.77. The van der Waals surface area contributed by atoms with Gasteiger partial charge in [-0.25, -0.2) is 0 Å². The number of rotatable bonds is 7. The number of hydrogen-bond acceptors (Lipinski definition) is 2. The van der Waals surface area contributed by atoms with Gasteiger partial charge in [-0.05, 0) is 30.5 Å². The molecule has 1 N–H and O–H groups in total. The second kappa shape index (κ2) is 12.4. The first-order valence-corrected chi connectivity index (χ1v) is 6.92. The number of aryl methyl sites for hydroxylation is 1. The third kappa shape index (κ3) is 10.2. The maximum absolute atomic E-state index is 9.13. The van der Waals surface area contributed by atoms with Crippen LogP contribution in [0.25, 0.3) is 0 Å². The maximum atomic E-state index is 9.13. The van der Waals surface area contributed by atoms with Crippen molar-refractivity contribution in [2.75, 3.05) is 14.2 Å².